The summed E-state index contributed by atoms with van der Waals surface area (Å²) < 4.78 is 46.7. The Morgan fingerprint density at radius 3 is 1.17 bits per heavy atom. The third kappa shape index (κ3) is 12.9. The van der Waals surface area contributed by atoms with Crippen molar-refractivity contribution in [2.24, 2.45) is 0 Å². The fourth-order valence-corrected chi connectivity index (χ4v) is 2.23. The number of esters is 3. The van der Waals surface area contributed by atoms with Gasteiger partial charge in [-0.3, -0.25) is 0 Å². The van der Waals surface area contributed by atoms with Gasteiger partial charge in [0.15, 0.2) is 0 Å². The van der Waals surface area contributed by atoms with Crippen molar-refractivity contribution in [2.45, 2.75) is 45.2 Å². The van der Waals surface area contributed by atoms with Gasteiger partial charge in [-0.2, -0.15) is 0 Å². The molecule has 206 valence electrons. The Labute approximate surface area is 212 Å². The first kappa shape index (κ1) is 33.4. The van der Waals surface area contributed by atoms with Crippen LogP contribution < -0.4 is 0 Å². The number of methoxy groups -OCH3 is 3. The first-order chi connectivity index (χ1) is 17.0. The summed E-state index contributed by atoms with van der Waals surface area (Å²) in [4.78, 5) is 34.5. The Morgan fingerprint density at radius 1 is 0.556 bits per heavy atom. The van der Waals surface area contributed by atoms with Gasteiger partial charge < -0.3 is 42.6 Å². The molecule has 0 rings (SSSR count). The van der Waals surface area contributed by atoms with Crippen molar-refractivity contribution in [1.82, 2.24) is 0 Å². The number of hydrogen-bond acceptors (Lipinski definition) is 12. The molecule has 0 fully saturated rings. The minimum Gasteiger partial charge on any atom is -0.466 e. The minimum absolute atomic E-state index is 0.0253. The molecule has 0 amide bonds. The average molecular weight is 519 g/mol. The van der Waals surface area contributed by atoms with E-state index in [-0.39, 0.29) is 50.3 Å². The molecule has 0 N–H and O–H groups in total. The van der Waals surface area contributed by atoms with E-state index in [0.29, 0.717) is 0 Å². The van der Waals surface area contributed by atoms with Gasteiger partial charge >= 0.3 is 17.9 Å². The Balaban J connectivity index is 4.70. The van der Waals surface area contributed by atoms with Crippen molar-refractivity contribution in [3.05, 3.63) is 36.5 Å². The highest BCUT2D eigenvalue weighted by Gasteiger charge is 2.19. The molecule has 36 heavy (non-hydrogen) atoms. The van der Waals surface area contributed by atoms with E-state index in [0.717, 1.165) is 0 Å². The summed E-state index contributed by atoms with van der Waals surface area (Å²) in [7, 11) is 3.74. The standard InChI is InChI=1S/C24H38O12/c1-15(22(25)28-7)18(4)33-12-31-10-21(36-14-35-20(6)17(3)24(27)30-9)11-32-13-34-19(5)16(2)23(26)29-8/h18-21H,1-3,10-14H2,4-9H3. The van der Waals surface area contributed by atoms with Crippen LogP contribution >= 0.6 is 0 Å². The number of carbonyl (C=O) groups excluding carboxylic acids is 3. The Hall–Kier alpha value is -2.61. The Kier molecular flexibility index (Phi) is 17.3. The Bertz CT molecular complexity index is 705. The second kappa shape index (κ2) is 18.6. The second-order valence-corrected chi connectivity index (χ2v) is 7.36. The minimum atomic E-state index is -0.651. The highest BCUT2D eigenvalue weighted by molar-refractivity contribution is 5.89. The van der Waals surface area contributed by atoms with Crippen molar-refractivity contribution in [3.8, 4) is 0 Å². The van der Waals surface area contributed by atoms with E-state index in [4.69, 9.17) is 28.4 Å². The van der Waals surface area contributed by atoms with Gasteiger partial charge in [-0.05, 0) is 20.8 Å². The van der Waals surface area contributed by atoms with Crippen LogP contribution in [0.4, 0.5) is 0 Å². The number of rotatable bonds is 20. The summed E-state index contributed by atoms with van der Waals surface area (Å²) in [6, 6.07) is 0. The van der Waals surface area contributed by atoms with Crippen LogP contribution in [0.2, 0.25) is 0 Å². The smallest absolute Gasteiger partial charge is 0.335 e. The molecule has 0 aromatic carbocycles. The highest BCUT2D eigenvalue weighted by Crippen LogP contribution is 2.09. The van der Waals surface area contributed by atoms with Crippen molar-refractivity contribution in [3.63, 3.8) is 0 Å². The molecule has 0 spiro atoms. The molecule has 12 nitrogen and oxygen atoms in total. The van der Waals surface area contributed by atoms with E-state index in [1.54, 1.807) is 20.8 Å². The SMILES string of the molecule is C=C(C(=O)OC)C(C)OCOCC(COCOC(C)C(=C)C(=O)OC)OCOC(C)C(=C)C(=O)OC. The van der Waals surface area contributed by atoms with Crippen molar-refractivity contribution < 1.29 is 57.0 Å². The molecule has 0 aliphatic rings. The van der Waals surface area contributed by atoms with Crippen molar-refractivity contribution in [1.29, 1.82) is 0 Å². The lowest BCUT2D eigenvalue weighted by molar-refractivity contribution is -0.175. The van der Waals surface area contributed by atoms with E-state index in [1.807, 2.05) is 0 Å². The van der Waals surface area contributed by atoms with Gasteiger partial charge in [0.1, 0.15) is 26.5 Å². The fourth-order valence-electron chi connectivity index (χ4n) is 2.23. The van der Waals surface area contributed by atoms with Crippen LogP contribution in [0, 0.1) is 0 Å². The normalized spacial score (nSPS) is 14.2. The van der Waals surface area contributed by atoms with Gasteiger partial charge in [0.2, 0.25) is 0 Å². The van der Waals surface area contributed by atoms with Crippen molar-refractivity contribution >= 4 is 17.9 Å². The van der Waals surface area contributed by atoms with Crippen LogP contribution in [0.3, 0.4) is 0 Å². The zero-order valence-electron chi connectivity index (χ0n) is 21.9. The second-order valence-electron chi connectivity index (χ2n) is 7.36. The van der Waals surface area contributed by atoms with Crippen LogP contribution in [0.1, 0.15) is 20.8 Å². The van der Waals surface area contributed by atoms with Gasteiger partial charge in [0.25, 0.3) is 0 Å². The zero-order chi connectivity index (χ0) is 27.7. The number of hydrogen-bond donors (Lipinski definition) is 0. The van der Waals surface area contributed by atoms with Crippen LogP contribution in [-0.2, 0) is 57.0 Å². The molecule has 12 heteroatoms. The Morgan fingerprint density at radius 2 is 0.861 bits per heavy atom. The van der Waals surface area contributed by atoms with Crippen LogP contribution in [-0.4, -0.2) is 97.2 Å². The van der Waals surface area contributed by atoms with Crippen LogP contribution in [0.15, 0.2) is 36.5 Å². The lowest BCUT2D eigenvalue weighted by atomic mass is 10.2. The number of carbonyl (C=O) groups is 3. The largest absolute Gasteiger partial charge is 0.466 e. The lowest BCUT2D eigenvalue weighted by Gasteiger charge is -2.21. The van der Waals surface area contributed by atoms with Crippen LogP contribution in [0.25, 0.3) is 0 Å². The molecule has 3 atom stereocenters. The first-order valence-electron chi connectivity index (χ1n) is 10.9. The maximum absolute atomic E-state index is 11.5. The monoisotopic (exact) mass is 518 g/mol. The van der Waals surface area contributed by atoms with Gasteiger partial charge in [-0.15, -0.1) is 0 Å². The molecule has 0 aliphatic heterocycles. The molecule has 3 unspecified atom stereocenters. The van der Waals surface area contributed by atoms with Gasteiger partial charge in [0.05, 0.1) is 69.6 Å². The molecule has 0 saturated heterocycles. The van der Waals surface area contributed by atoms with Crippen molar-refractivity contribution in [2.75, 3.05) is 54.9 Å². The summed E-state index contributed by atoms with van der Waals surface area (Å²) in [5, 5.41) is 0. The maximum Gasteiger partial charge on any atom is 0.335 e. The average Bonchev–Trinajstić information content (AvgIpc) is 2.89. The summed E-state index contributed by atoms with van der Waals surface area (Å²) >= 11 is 0. The maximum atomic E-state index is 11.5. The van der Waals surface area contributed by atoms with Gasteiger partial charge in [-0.1, -0.05) is 19.7 Å². The predicted molar refractivity (Wildman–Crippen MR) is 126 cm³/mol. The third-order valence-electron chi connectivity index (χ3n) is 4.85. The molecule has 0 aliphatic carbocycles. The molecule has 0 saturated carbocycles. The van der Waals surface area contributed by atoms with E-state index in [2.05, 4.69) is 33.9 Å². The summed E-state index contributed by atoms with van der Waals surface area (Å²) in [5.74, 6) is -1.76. The van der Waals surface area contributed by atoms with Gasteiger partial charge in [0, 0.05) is 0 Å². The quantitative estimate of drug-likeness (QED) is 0.0763. The summed E-state index contributed by atoms with van der Waals surface area (Å²) in [6.07, 6.45) is -2.53. The molecule has 0 bridgehead atoms. The summed E-state index contributed by atoms with van der Waals surface area (Å²) in [5.41, 5.74) is 0.419. The van der Waals surface area contributed by atoms with Gasteiger partial charge in [-0.25, -0.2) is 14.4 Å². The third-order valence-corrected chi connectivity index (χ3v) is 4.85. The van der Waals surface area contributed by atoms with E-state index in [1.165, 1.54) is 21.3 Å². The highest BCUT2D eigenvalue weighted by atomic mass is 16.7. The van der Waals surface area contributed by atoms with E-state index in [9.17, 15) is 14.4 Å². The van der Waals surface area contributed by atoms with E-state index >= 15 is 0 Å². The fraction of sp³-hybridized carbons (Fsp3) is 0.625. The van der Waals surface area contributed by atoms with Crippen LogP contribution in [0.5, 0.6) is 0 Å². The molecular weight excluding hydrogens is 480 g/mol. The lowest BCUT2D eigenvalue weighted by Crippen LogP contribution is -2.30. The molecular formula is C24H38O12. The molecule has 0 aromatic heterocycles. The predicted octanol–water partition coefficient (Wildman–Crippen LogP) is 1.68. The topological polar surface area (TPSA) is 134 Å². The molecule has 0 aromatic rings. The zero-order valence-corrected chi connectivity index (χ0v) is 21.9. The summed E-state index contributed by atoms with van der Waals surface area (Å²) in [6.45, 7) is 15.2. The molecule has 0 heterocycles. The van der Waals surface area contributed by atoms with E-state index < -0.39 is 42.3 Å². The number of ether oxygens (including phenoxy) is 9. The first-order valence-corrected chi connectivity index (χ1v) is 10.9. The molecule has 0 radical (unpaired) electrons.